The Morgan fingerprint density at radius 3 is 3.00 bits per heavy atom. The molecule has 0 aromatic carbocycles. The molecule has 1 fully saturated rings. The summed E-state index contributed by atoms with van der Waals surface area (Å²) in [6.45, 7) is 7.42. The second kappa shape index (κ2) is 6.24. The zero-order valence-electron chi connectivity index (χ0n) is 12.7. The van der Waals surface area contributed by atoms with Crippen LogP contribution in [0.1, 0.15) is 17.9 Å². The molecule has 3 rings (SSSR count). The number of aromatic nitrogens is 2. The minimum Gasteiger partial charge on any atom is -0.381 e. The van der Waals surface area contributed by atoms with Gasteiger partial charge in [-0.25, -0.2) is 4.98 Å². The summed E-state index contributed by atoms with van der Waals surface area (Å²) in [7, 11) is 4.23. The quantitative estimate of drug-likeness (QED) is 0.817. The largest absolute Gasteiger partial charge is 0.381 e. The summed E-state index contributed by atoms with van der Waals surface area (Å²) in [5.74, 6) is 1.99. The van der Waals surface area contributed by atoms with Gasteiger partial charge < -0.3 is 19.1 Å². The van der Waals surface area contributed by atoms with E-state index in [1.54, 1.807) is 0 Å². The molecule has 0 aliphatic carbocycles. The van der Waals surface area contributed by atoms with E-state index in [0.717, 1.165) is 51.7 Å². The number of hydrogen-bond acceptors (Lipinski definition) is 4. The minimum absolute atomic E-state index is 0.738. The molecule has 1 aromatic heterocycles. The summed E-state index contributed by atoms with van der Waals surface area (Å²) in [6.07, 6.45) is 4.35. The van der Waals surface area contributed by atoms with E-state index in [-0.39, 0.29) is 0 Å². The van der Waals surface area contributed by atoms with Gasteiger partial charge in [-0.15, -0.1) is 0 Å². The lowest BCUT2D eigenvalue weighted by Gasteiger charge is -2.22. The van der Waals surface area contributed by atoms with Crippen molar-refractivity contribution in [3.63, 3.8) is 0 Å². The molecule has 0 unspecified atom stereocenters. The SMILES string of the molecule is CN(C)Cc1cnc2n1CCN(C[C@H]1CCOC1)CC2. The van der Waals surface area contributed by atoms with E-state index >= 15 is 0 Å². The standard InChI is InChI=1S/C15H26N4O/c1-17(2)11-14-9-16-15-3-5-18(6-7-19(14)15)10-13-4-8-20-12-13/h9,13H,3-8,10-12H2,1-2H3/t13-/m1/s1. The summed E-state index contributed by atoms with van der Waals surface area (Å²) in [6, 6.07) is 0. The van der Waals surface area contributed by atoms with Gasteiger partial charge in [0.2, 0.25) is 0 Å². The molecule has 20 heavy (non-hydrogen) atoms. The van der Waals surface area contributed by atoms with Crippen molar-refractivity contribution < 1.29 is 4.74 Å². The lowest BCUT2D eigenvalue weighted by Crippen LogP contribution is -2.32. The Labute approximate surface area is 121 Å². The molecule has 112 valence electrons. The molecule has 0 saturated carbocycles. The van der Waals surface area contributed by atoms with E-state index < -0.39 is 0 Å². The van der Waals surface area contributed by atoms with Crippen molar-refractivity contribution in [3.05, 3.63) is 17.7 Å². The van der Waals surface area contributed by atoms with Crippen LogP contribution < -0.4 is 0 Å². The van der Waals surface area contributed by atoms with Crippen LogP contribution in [0.25, 0.3) is 0 Å². The highest BCUT2D eigenvalue weighted by Gasteiger charge is 2.22. The molecule has 1 aromatic rings. The average molecular weight is 278 g/mol. The first-order valence-electron chi connectivity index (χ1n) is 7.70. The zero-order valence-corrected chi connectivity index (χ0v) is 12.7. The highest BCUT2D eigenvalue weighted by Crippen LogP contribution is 2.17. The highest BCUT2D eigenvalue weighted by atomic mass is 16.5. The Kier molecular flexibility index (Phi) is 4.38. The zero-order chi connectivity index (χ0) is 13.9. The maximum atomic E-state index is 5.49. The molecule has 0 radical (unpaired) electrons. The number of hydrogen-bond donors (Lipinski definition) is 0. The van der Waals surface area contributed by atoms with Crippen molar-refractivity contribution in [2.75, 3.05) is 46.9 Å². The van der Waals surface area contributed by atoms with Gasteiger partial charge in [0.15, 0.2) is 0 Å². The van der Waals surface area contributed by atoms with Gasteiger partial charge in [0.1, 0.15) is 5.82 Å². The Balaban J connectivity index is 1.61. The van der Waals surface area contributed by atoms with Crippen LogP contribution in [-0.4, -0.2) is 66.3 Å². The highest BCUT2D eigenvalue weighted by molar-refractivity contribution is 5.07. The fraction of sp³-hybridized carbons (Fsp3) is 0.800. The predicted octanol–water partition coefficient (Wildman–Crippen LogP) is 0.839. The second-order valence-electron chi connectivity index (χ2n) is 6.34. The van der Waals surface area contributed by atoms with E-state index in [1.807, 2.05) is 0 Å². The van der Waals surface area contributed by atoms with Crippen LogP contribution >= 0.6 is 0 Å². The maximum absolute atomic E-state index is 5.49. The molecular formula is C15H26N4O. The summed E-state index contributed by atoms with van der Waals surface area (Å²) in [5.41, 5.74) is 1.34. The summed E-state index contributed by atoms with van der Waals surface area (Å²) in [4.78, 5) is 9.42. The van der Waals surface area contributed by atoms with Gasteiger partial charge in [-0.2, -0.15) is 0 Å². The lowest BCUT2D eigenvalue weighted by molar-refractivity contribution is 0.167. The Morgan fingerprint density at radius 2 is 2.25 bits per heavy atom. The fourth-order valence-corrected chi connectivity index (χ4v) is 3.26. The number of imidazole rings is 1. The average Bonchev–Trinajstić information content (AvgIpc) is 2.98. The maximum Gasteiger partial charge on any atom is 0.110 e. The van der Waals surface area contributed by atoms with Crippen LogP contribution in [0.15, 0.2) is 6.20 Å². The predicted molar refractivity (Wildman–Crippen MR) is 78.7 cm³/mol. The Hall–Kier alpha value is -0.910. The fourth-order valence-electron chi connectivity index (χ4n) is 3.26. The molecule has 0 spiro atoms. The summed E-state index contributed by atoms with van der Waals surface area (Å²) < 4.78 is 7.91. The smallest absolute Gasteiger partial charge is 0.110 e. The Bertz CT molecular complexity index is 437. The van der Waals surface area contributed by atoms with Crippen molar-refractivity contribution in [3.8, 4) is 0 Å². The van der Waals surface area contributed by atoms with Gasteiger partial charge >= 0.3 is 0 Å². The third-order valence-electron chi connectivity index (χ3n) is 4.33. The van der Waals surface area contributed by atoms with Gasteiger partial charge in [0, 0.05) is 51.9 Å². The van der Waals surface area contributed by atoms with E-state index in [0.29, 0.717) is 0 Å². The van der Waals surface area contributed by atoms with Gasteiger partial charge in [0.25, 0.3) is 0 Å². The molecule has 1 atom stereocenters. The van der Waals surface area contributed by atoms with Crippen molar-refractivity contribution >= 4 is 0 Å². The molecule has 0 amide bonds. The number of fused-ring (bicyclic) bond motifs is 1. The number of nitrogens with zero attached hydrogens (tertiary/aromatic N) is 4. The van der Waals surface area contributed by atoms with Crippen LogP contribution in [0.5, 0.6) is 0 Å². The van der Waals surface area contributed by atoms with Crippen molar-refractivity contribution in [1.82, 2.24) is 19.4 Å². The van der Waals surface area contributed by atoms with E-state index in [1.165, 1.54) is 24.5 Å². The number of ether oxygens (including phenoxy) is 1. The molecule has 0 bridgehead atoms. The monoisotopic (exact) mass is 278 g/mol. The third-order valence-corrected chi connectivity index (χ3v) is 4.33. The van der Waals surface area contributed by atoms with E-state index in [2.05, 4.69) is 39.6 Å². The second-order valence-corrected chi connectivity index (χ2v) is 6.34. The first kappa shape index (κ1) is 14.0. The van der Waals surface area contributed by atoms with Crippen LogP contribution in [-0.2, 0) is 24.2 Å². The lowest BCUT2D eigenvalue weighted by atomic mass is 10.1. The number of rotatable bonds is 4. The summed E-state index contributed by atoms with van der Waals surface area (Å²) in [5, 5.41) is 0. The van der Waals surface area contributed by atoms with E-state index in [9.17, 15) is 0 Å². The van der Waals surface area contributed by atoms with Gasteiger partial charge in [0.05, 0.1) is 12.3 Å². The van der Waals surface area contributed by atoms with Crippen LogP contribution in [0.3, 0.4) is 0 Å². The van der Waals surface area contributed by atoms with Crippen LogP contribution in [0.2, 0.25) is 0 Å². The van der Waals surface area contributed by atoms with Gasteiger partial charge in [-0.1, -0.05) is 0 Å². The molecule has 5 heteroatoms. The van der Waals surface area contributed by atoms with Crippen molar-refractivity contribution in [1.29, 1.82) is 0 Å². The topological polar surface area (TPSA) is 33.5 Å². The first-order valence-corrected chi connectivity index (χ1v) is 7.70. The van der Waals surface area contributed by atoms with E-state index in [4.69, 9.17) is 4.74 Å². The molecule has 0 N–H and O–H groups in total. The van der Waals surface area contributed by atoms with Crippen LogP contribution in [0.4, 0.5) is 0 Å². The first-order chi connectivity index (χ1) is 9.72. The minimum atomic E-state index is 0.738. The Morgan fingerprint density at radius 1 is 1.35 bits per heavy atom. The third kappa shape index (κ3) is 3.22. The molecule has 1 saturated heterocycles. The molecule has 2 aliphatic rings. The molecule has 5 nitrogen and oxygen atoms in total. The normalized spacial score (nSPS) is 24.1. The molecule has 3 heterocycles. The van der Waals surface area contributed by atoms with Crippen molar-refractivity contribution in [2.45, 2.75) is 25.9 Å². The van der Waals surface area contributed by atoms with Gasteiger partial charge in [-0.3, -0.25) is 0 Å². The molecule has 2 aliphatic heterocycles. The van der Waals surface area contributed by atoms with Crippen molar-refractivity contribution in [2.24, 2.45) is 5.92 Å². The van der Waals surface area contributed by atoms with Gasteiger partial charge in [-0.05, 0) is 26.4 Å². The molecular weight excluding hydrogens is 252 g/mol. The summed E-state index contributed by atoms with van der Waals surface area (Å²) >= 11 is 0. The van der Waals surface area contributed by atoms with Crippen LogP contribution in [0, 0.1) is 5.92 Å².